The van der Waals surface area contributed by atoms with Crippen LogP contribution in [0.4, 0.5) is 0 Å². The van der Waals surface area contributed by atoms with Gasteiger partial charge in [0.05, 0.1) is 0 Å². The molecule has 2 heteroatoms. The molecular formula is C8H12IRh+. The summed E-state index contributed by atoms with van der Waals surface area (Å²) >= 11 is 0. The van der Waals surface area contributed by atoms with Gasteiger partial charge < -0.3 is 24.0 Å². The number of allylic oxidation sites excluding steroid dienone is 4. The second-order valence-electron chi connectivity index (χ2n) is 2.14. The maximum Gasteiger partial charge on any atom is 2.00 e. The minimum Gasteiger partial charge on any atom is -1.00 e. The molecule has 0 saturated carbocycles. The Bertz CT molecular complexity index is 93.8. The van der Waals surface area contributed by atoms with E-state index in [1.54, 1.807) is 0 Å². The molecule has 0 nitrogen and oxygen atoms in total. The van der Waals surface area contributed by atoms with Crippen molar-refractivity contribution in [1.29, 1.82) is 0 Å². The first-order valence-electron chi connectivity index (χ1n) is 3.32. The molecular weight excluding hydrogens is 326 g/mol. The standard InChI is InChI=1S/C8H12.HI.Rh/c1-2-4-6-8-7-5-3-1;;/h1-4H,5-8H2;1H;/q;;+2/p-1/b3-1-,4-2-;;. The van der Waals surface area contributed by atoms with Crippen LogP contribution in [0.1, 0.15) is 25.7 Å². The Kier molecular flexibility index (Phi) is 13.2. The third-order valence-corrected chi connectivity index (χ3v) is 1.37. The molecule has 1 aliphatic carbocycles. The molecule has 0 fully saturated rings. The number of hydrogen-bond acceptors (Lipinski definition) is 0. The van der Waals surface area contributed by atoms with Gasteiger partial charge in [-0.15, -0.1) is 0 Å². The van der Waals surface area contributed by atoms with Crippen LogP contribution in [0.15, 0.2) is 24.3 Å². The van der Waals surface area contributed by atoms with Crippen LogP contribution in [0.3, 0.4) is 0 Å². The fraction of sp³-hybridized carbons (Fsp3) is 0.500. The molecule has 0 aliphatic heterocycles. The Morgan fingerprint density at radius 3 is 1.60 bits per heavy atom. The molecule has 0 saturated heterocycles. The van der Waals surface area contributed by atoms with Gasteiger partial charge in [0.1, 0.15) is 0 Å². The average molecular weight is 338 g/mol. The van der Waals surface area contributed by atoms with Crippen LogP contribution in [0.5, 0.6) is 0 Å². The molecule has 0 aromatic carbocycles. The summed E-state index contributed by atoms with van der Waals surface area (Å²) in [6, 6.07) is 0. The molecule has 1 radical (unpaired) electrons. The predicted molar refractivity (Wildman–Crippen MR) is 36.7 cm³/mol. The summed E-state index contributed by atoms with van der Waals surface area (Å²) in [7, 11) is 0. The minimum atomic E-state index is 0. The van der Waals surface area contributed by atoms with Gasteiger partial charge in [-0.25, -0.2) is 0 Å². The Balaban J connectivity index is 0. The van der Waals surface area contributed by atoms with Crippen molar-refractivity contribution in [3.8, 4) is 0 Å². The van der Waals surface area contributed by atoms with E-state index in [0.29, 0.717) is 0 Å². The van der Waals surface area contributed by atoms with Gasteiger partial charge in [-0.3, -0.25) is 0 Å². The fourth-order valence-corrected chi connectivity index (χ4v) is 0.874. The first-order chi connectivity index (χ1) is 4.00. The first kappa shape index (κ1) is 13.4. The maximum atomic E-state index is 2.23. The monoisotopic (exact) mass is 338 g/mol. The smallest absolute Gasteiger partial charge is 1.00 e. The second-order valence-corrected chi connectivity index (χ2v) is 2.14. The van der Waals surface area contributed by atoms with E-state index in [1.165, 1.54) is 25.7 Å². The van der Waals surface area contributed by atoms with E-state index in [2.05, 4.69) is 24.3 Å². The molecule has 10 heavy (non-hydrogen) atoms. The Hall–Kier alpha value is 0.833. The maximum absolute atomic E-state index is 2.23. The molecule has 0 atom stereocenters. The van der Waals surface area contributed by atoms with E-state index in [9.17, 15) is 0 Å². The molecule has 0 N–H and O–H groups in total. The van der Waals surface area contributed by atoms with Gasteiger partial charge >= 0.3 is 19.5 Å². The summed E-state index contributed by atoms with van der Waals surface area (Å²) in [5, 5.41) is 0. The summed E-state index contributed by atoms with van der Waals surface area (Å²) in [6.45, 7) is 0. The molecule has 0 bridgehead atoms. The predicted octanol–water partition coefficient (Wildman–Crippen LogP) is -0.326. The number of halogens is 1. The molecule has 0 aromatic heterocycles. The van der Waals surface area contributed by atoms with Crippen LogP contribution in [0.25, 0.3) is 0 Å². The van der Waals surface area contributed by atoms with E-state index < -0.39 is 0 Å². The normalized spacial score (nSPS) is 22.4. The zero-order chi connectivity index (χ0) is 5.66. The van der Waals surface area contributed by atoms with Gasteiger partial charge in [0.15, 0.2) is 0 Å². The van der Waals surface area contributed by atoms with E-state index >= 15 is 0 Å². The van der Waals surface area contributed by atoms with Crippen molar-refractivity contribution in [2.75, 3.05) is 0 Å². The van der Waals surface area contributed by atoms with Crippen LogP contribution in [0, 0.1) is 0 Å². The molecule has 0 amide bonds. The Labute approximate surface area is 92.9 Å². The largest absolute Gasteiger partial charge is 2.00 e. The zero-order valence-electron chi connectivity index (χ0n) is 5.85. The summed E-state index contributed by atoms with van der Waals surface area (Å²) in [5.74, 6) is 0. The van der Waals surface area contributed by atoms with E-state index in [4.69, 9.17) is 0 Å². The SMILES string of the molecule is C1=C\CCCC\C=C/1.[I-].[Rh+2]. The van der Waals surface area contributed by atoms with E-state index in [0.717, 1.165) is 0 Å². The van der Waals surface area contributed by atoms with Gasteiger partial charge in [-0.2, -0.15) is 0 Å². The summed E-state index contributed by atoms with van der Waals surface area (Å²) in [6.07, 6.45) is 14.0. The molecule has 59 valence electrons. The van der Waals surface area contributed by atoms with Gasteiger partial charge in [-0.05, 0) is 25.7 Å². The van der Waals surface area contributed by atoms with Gasteiger partial charge in [-0.1, -0.05) is 24.3 Å². The van der Waals surface area contributed by atoms with Gasteiger partial charge in [0, 0.05) is 0 Å². The molecule has 0 spiro atoms. The van der Waals surface area contributed by atoms with Crippen LogP contribution >= 0.6 is 0 Å². The van der Waals surface area contributed by atoms with E-state index in [1.807, 2.05) is 0 Å². The average Bonchev–Trinajstić information content (AvgIpc) is 1.62. The van der Waals surface area contributed by atoms with Crippen molar-refractivity contribution < 1.29 is 43.5 Å². The number of rotatable bonds is 0. The Morgan fingerprint density at radius 2 is 1.20 bits per heavy atom. The summed E-state index contributed by atoms with van der Waals surface area (Å²) in [4.78, 5) is 0. The first-order valence-corrected chi connectivity index (χ1v) is 3.32. The molecule has 0 unspecified atom stereocenters. The van der Waals surface area contributed by atoms with E-state index in [-0.39, 0.29) is 43.5 Å². The Morgan fingerprint density at radius 1 is 0.800 bits per heavy atom. The quantitative estimate of drug-likeness (QED) is 0.420. The minimum absolute atomic E-state index is 0. The summed E-state index contributed by atoms with van der Waals surface area (Å²) in [5.41, 5.74) is 0. The van der Waals surface area contributed by atoms with Gasteiger partial charge in [0.25, 0.3) is 0 Å². The van der Waals surface area contributed by atoms with Crippen LogP contribution < -0.4 is 24.0 Å². The van der Waals surface area contributed by atoms with Crippen molar-refractivity contribution in [2.45, 2.75) is 25.7 Å². The van der Waals surface area contributed by atoms with Crippen LogP contribution in [-0.4, -0.2) is 0 Å². The topological polar surface area (TPSA) is 0 Å². The fourth-order valence-electron chi connectivity index (χ4n) is 0.874. The number of hydrogen-bond donors (Lipinski definition) is 0. The third-order valence-electron chi connectivity index (χ3n) is 1.37. The van der Waals surface area contributed by atoms with Crippen molar-refractivity contribution in [3.63, 3.8) is 0 Å². The molecule has 0 aromatic rings. The zero-order valence-corrected chi connectivity index (χ0v) is 9.65. The van der Waals surface area contributed by atoms with Crippen LogP contribution in [-0.2, 0) is 19.5 Å². The third kappa shape index (κ3) is 6.95. The molecule has 1 rings (SSSR count). The van der Waals surface area contributed by atoms with Crippen molar-refractivity contribution in [1.82, 2.24) is 0 Å². The van der Waals surface area contributed by atoms with Crippen molar-refractivity contribution in [3.05, 3.63) is 24.3 Å². The molecule has 0 heterocycles. The van der Waals surface area contributed by atoms with Crippen molar-refractivity contribution >= 4 is 0 Å². The van der Waals surface area contributed by atoms with Gasteiger partial charge in [0.2, 0.25) is 0 Å². The molecule has 1 aliphatic rings. The second kappa shape index (κ2) is 9.83. The summed E-state index contributed by atoms with van der Waals surface area (Å²) < 4.78 is 0. The van der Waals surface area contributed by atoms with Crippen LogP contribution in [0.2, 0.25) is 0 Å². The van der Waals surface area contributed by atoms with Crippen molar-refractivity contribution in [2.24, 2.45) is 0 Å².